The number of alkyl halides is 2. The molecule has 222 valence electrons. The number of carbonyl (C=O) groups is 1. The van der Waals surface area contributed by atoms with Crippen LogP contribution in [0.2, 0.25) is 0 Å². The van der Waals surface area contributed by atoms with Crippen LogP contribution >= 0.6 is 0 Å². The number of hydrogen-bond donors (Lipinski definition) is 1. The van der Waals surface area contributed by atoms with Crippen LogP contribution in [-0.2, 0) is 48.5 Å². The number of carbonyl (C=O) groups excluding carboxylic acids is 1. The van der Waals surface area contributed by atoms with E-state index in [1.165, 1.54) is 41.0 Å². The minimum atomic E-state index is -5.95. The Bertz CT molecular complexity index is 1430. The molecule has 11 heteroatoms. The Labute approximate surface area is 247 Å². The van der Waals surface area contributed by atoms with Crippen LogP contribution in [0.4, 0.5) is 8.78 Å². The van der Waals surface area contributed by atoms with E-state index in [9.17, 15) is 22.0 Å². The SMILES string of the molecule is COCc1cc(C)cc(COC)c1OC(=O)C(F)(F)S(=O)(=O)O.c1ccc([S+](c2ccccc2)c2ccccc2)cc1. The minimum absolute atomic E-state index is 0.0146. The molecule has 0 radical (unpaired) electrons. The fourth-order valence-electron chi connectivity index (χ4n) is 3.92. The summed E-state index contributed by atoms with van der Waals surface area (Å²) < 4.78 is 70.7. The second kappa shape index (κ2) is 15.0. The van der Waals surface area contributed by atoms with Gasteiger partial charge in [-0.25, -0.2) is 4.79 Å². The highest BCUT2D eigenvalue weighted by atomic mass is 32.2. The maximum absolute atomic E-state index is 13.3. The first-order chi connectivity index (χ1) is 20.0. The lowest BCUT2D eigenvalue weighted by Gasteiger charge is -2.17. The van der Waals surface area contributed by atoms with E-state index < -0.39 is 21.3 Å². The number of esters is 1. The Morgan fingerprint density at radius 2 is 1.12 bits per heavy atom. The number of ether oxygens (including phenoxy) is 3. The van der Waals surface area contributed by atoms with Gasteiger partial charge in [0.1, 0.15) is 5.75 Å². The van der Waals surface area contributed by atoms with Crippen LogP contribution < -0.4 is 4.74 Å². The highest BCUT2D eigenvalue weighted by Crippen LogP contribution is 2.32. The zero-order chi connectivity index (χ0) is 30.8. The van der Waals surface area contributed by atoms with Crippen LogP contribution in [-0.4, -0.2) is 38.4 Å². The molecule has 0 bridgehead atoms. The zero-order valence-corrected chi connectivity index (χ0v) is 24.8. The molecule has 4 rings (SSSR count). The summed E-state index contributed by atoms with van der Waals surface area (Å²) in [5, 5.41) is -5.09. The van der Waals surface area contributed by atoms with Gasteiger partial charge in [0.05, 0.1) is 24.1 Å². The van der Waals surface area contributed by atoms with Gasteiger partial charge in [0.15, 0.2) is 14.7 Å². The fraction of sp³-hybridized carbons (Fsp3) is 0.194. The predicted octanol–water partition coefficient (Wildman–Crippen LogP) is 6.46. The molecule has 0 fully saturated rings. The summed E-state index contributed by atoms with van der Waals surface area (Å²) in [6.45, 7) is 1.58. The lowest BCUT2D eigenvalue weighted by molar-refractivity contribution is -0.151. The standard InChI is InChI=1S/C18H15S.C13H16F2O7S/c1-4-10-16(11-5-1)19(17-12-6-2-7-13-17)18-14-8-3-9-15-18;1-8-4-9(6-20-2)11(10(5-8)7-21-3)22-12(16)13(14,15)23(17,18)19/h1-15H;4-5H,6-7H2,1-3H3,(H,17,18,19)/q+1;. The van der Waals surface area contributed by atoms with Crippen molar-refractivity contribution in [1.29, 1.82) is 0 Å². The van der Waals surface area contributed by atoms with E-state index in [0.717, 1.165) is 5.56 Å². The molecule has 0 amide bonds. The van der Waals surface area contributed by atoms with E-state index >= 15 is 0 Å². The predicted molar refractivity (Wildman–Crippen MR) is 156 cm³/mol. The molecule has 4 aromatic carbocycles. The third-order valence-electron chi connectivity index (χ3n) is 5.68. The second-order valence-corrected chi connectivity index (χ2v) is 12.4. The maximum Gasteiger partial charge on any atom is 0.466 e. The van der Waals surface area contributed by atoms with E-state index in [2.05, 4.69) is 95.7 Å². The molecule has 0 aliphatic heterocycles. The molecule has 0 unspecified atom stereocenters. The third-order valence-corrected chi connectivity index (χ3v) is 8.73. The number of rotatable bonds is 10. The van der Waals surface area contributed by atoms with Crippen LogP contribution in [0.25, 0.3) is 0 Å². The molecular weight excluding hydrogens is 586 g/mol. The molecule has 0 heterocycles. The Kier molecular flexibility index (Phi) is 11.8. The quantitative estimate of drug-likeness (QED) is 0.0945. The van der Waals surface area contributed by atoms with Crippen LogP contribution in [0.5, 0.6) is 5.75 Å². The van der Waals surface area contributed by atoms with Gasteiger partial charge < -0.3 is 14.2 Å². The van der Waals surface area contributed by atoms with Crippen molar-refractivity contribution < 1.29 is 40.8 Å². The Hall–Kier alpha value is -3.61. The molecule has 4 aromatic rings. The van der Waals surface area contributed by atoms with Gasteiger partial charge in [-0.1, -0.05) is 72.3 Å². The van der Waals surface area contributed by atoms with Crippen LogP contribution in [0.15, 0.2) is 118 Å². The topological polar surface area (TPSA) is 99.1 Å². The first kappa shape index (κ1) is 32.9. The van der Waals surface area contributed by atoms with Gasteiger partial charge in [-0.2, -0.15) is 17.2 Å². The van der Waals surface area contributed by atoms with Crippen molar-refractivity contribution in [3.05, 3.63) is 120 Å². The molecule has 7 nitrogen and oxygen atoms in total. The average molecular weight is 618 g/mol. The number of halogens is 2. The van der Waals surface area contributed by atoms with Crippen LogP contribution in [0.3, 0.4) is 0 Å². The number of aryl methyl sites for hydroxylation is 1. The minimum Gasteiger partial charge on any atom is -0.420 e. The van der Waals surface area contributed by atoms with E-state index in [-0.39, 0.29) is 41.0 Å². The summed E-state index contributed by atoms with van der Waals surface area (Å²) >= 11 is 0. The van der Waals surface area contributed by atoms with Gasteiger partial charge in [0.25, 0.3) is 0 Å². The van der Waals surface area contributed by atoms with Crippen molar-refractivity contribution in [2.45, 2.75) is 40.1 Å². The van der Waals surface area contributed by atoms with E-state index in [4.69, 9.17) is 14.0 Å². The zero-order valence-electron chi connectivity index (χ0n) is 23.2. The maximum atomic E-state index is 13.3. The summed E-state index contributed by atoms with van der Waals surface area (Å²) in [5.74, 6) is -2.72. The van der Waals surface area contributed by atoms with Gasteiger partial charge in [0.2, 0.25) is 0 Å². The molecule has 0 spiro atoms. The third kappa shape index (κ3) is 8.46. The Morgan fingerprint density at radius 3 is 1.43 bits per heavy atom. The smallest absolute Gasteiger partial charge is 0.420 e. The molecule has 0 aliphatic rings. The molecule has 0 aliphatic carbocycles. The first-order valence-electron chi connectivity index (χ1n) is 12.6. The summed E-state index contributed by atoms with van der Waals surface area (Å²) in [5.41, 5.74) is 1.23. The Balaban J connectivity index is 0.000000234. The van der Waals surface area contributed by atoms with E-state index in [0.29, 0.717) is 0 Å². The molecular formula is C31H31F2O7S2+. The molecule has 0 atom stereocenters. The summed E-state index contributed by atoms with van der Waals surface area (Å²) in [4.78, 5) is 15.6. The normalized spacial score (nSPS) is 11.5. The van der Waals surface area contributed by atoms with Gasteiger partial charge in [-0.05, 0) is 43.3 Å². The largest absolute Gasteiger partial charge is 0.466 e. The van der Waals surface area contributed by atoms with Gasteiger partial charge in [0, 0.05) is 25.3 Å². The average Bonchev–Trinajstić information content (AvgIpc) is 2.96. The molecule has 0 saturated carbocycles. The number of hydrogen-bond acceptors (Lipinski definition) is 6. The monoisotopic (exact) mass is 617 g/mol. The van der Waals surface area contributed by atoms with Gasteiger partial charge in [-0.15, -0.1) is 0 Å². The van der Waals surface area contributed by atoms with Crippen LogP contribution in [0.1, 0.15) is 16.7 Å². The van der Waals surface area contributed by atoms with Crippen LogP contribution in [0, 0.1) is 6.92 Å². The van der Waals surface area contributed by atoms with Crippen molar-refractivity contribution in [2.24, 2.45) is 0 Å². The van der Waals surface area contributed by atoms with Crippen molar-refractivity contribution >= 4 is 27.0 Å². The lowest BCUT2D eigenvalue weighted by Crippen LogP contribution is -2.40. The molecule has 0 aromatic heterocycles. The van der Waals surface area contributed by atoms with E-state index in [1.807, 2.05) is 0 Å². The summed E-state index contributed by atoms with van der Waals surface area (Å²) in [6.07, 6.45) is 0. The van der Waals surface area contributed by atoms with Crippen molar-refractivity contribution in [2.75, 3.05) is 14.2 Å². The second-order valence-electron chi connectivity index (χ2n) is 8.91. The highest BCUT2D eigenvalue weighted by Gasteiger charge is 2.54. The van der Waals surface area contributed by atoms with Gasteiger partial charge in [-0.3, -0.25) is 4.55 Å². The Morgan fingerprint density at radius 1 is 0.762 bits per heavy atom. The molecule has 42 heavy (non-hydrogen) atoms. The number of methoxy groups -OCH3 is 2. The van der Waals surface area contributed by atoms with Crippen molar-refractivity contribution in [3.8, 4) is 5.75 Å². The first-order valence-corrected chi connectivity index (χ1v) is 15.2. The highest BCUT2D eigenvalue weighted by molar-refractivity contribution is 7.97. The lowest BCUT2D eigenvalue weighted by atomic mass is 10.1. The summed E-state index contributed by atoms with van der Waals surface area (Å²) in [7, 11) is -3.28. The summed E-state index contributed by atoms with van der Waals surface area (Å²) in [6, 6.07) is 35.2. The van der Waals surface area contributed by atoms with E-state index in [1.54, 1.807) is 6.92 Å². The van der Waals surface area contributed by atoms with Crippen molar-refractivity contribution in [3.63, 3.8) is 0 Å². The van der Waals surface area contributed by atoms with Gasteiger partial charge >= 0.3 is 21.3 Å². The molecule has 1 N–H and O–H groups in total. The van der Waals surface area contributed by atoms with Crippen molar-refractivity contribution in [1.82, 2.24) is 0 Å². The molecule has 0 saturated heterocycles. The fourth-order valence-corrected chi connectivity index (χ4v) is 6.28. The number of benzene rings is 4.